The molecule has 1 aliphatic heterocycles. The van der Waals surface area contributed by atoms with Gasteiger partial charge in [0.15, 0.2) is 0 Å². The first-order valence-electron chi connectivity index (χ1n) is 6.51. The van der Waals surface area contributed by atoms with Crippen LogP contribution in [0.2, 0.25) is 5.02 Å². The Morgan fingerprint density at radius 1 is 1.37 bits per heavy atom. The third-order valence-electron chi connectivity index (χ3n) is 4.55. The van der Waals surface area contributed by atoms with E-state index in [9.17, 15) is 0 Å². The number of rotatable bonds is 2. The summed E-state index contributed by atoms with van der Waals surface area (Å²) < 4.78 is 0. The fourth-order valence-electron chi connectivity index (χ4n) is 4.02. The molecule has 4 nitrogen and oxygen atoms in total. The summed E-state index contributed by atoms with van der Waals surface area (Å²) in [7, 11) is 2.13. The second kappa shape index (κ2) is 4.14. The van der Waals surface area contributed by atoms with Crippen molar-refractivity contribution in [1.29, 1.82) is 0 Å². The van der Waals surface area contributed by atoms with Gasteiger partial charge < -0.3 is 4.90 Å². The van der Waals surface area contributed by atoms with Gasteiger partial charge in [-0.1, -0.05) is 28.8 Å². The van der Waals surface area contributed by atoms with Crippen LogP contribution in [0.4, 0.5) is 0 Å². The van der Waals surface area contributed by atoms with E-state index < -0.39 is 0 Å². The van der Waals surface area contributed by atoms with Crippen LogP contribution >= 0.6 is 11.6 Å². The van der Waals surface area contributed by atoms with Crippen LogP contribution in [0.1, 0.15) is 24.0 Å². The highest BCUT2D eigenvalue weighted by atomic mass is 35.5. The van der Waals surface area contributed by atoms with E-state index in [4.69, 9.17) is 17.1 Å². The summed E-state index contributed by atoms with van der Waals surface area (Å²) in [5.74, 6) is 0. The number of halogens is 1. The molecule has 0 amide bonds. The number of hydrogen-bond donors (Lipinski definition) is 0. The molecule has 1 heterocycles. The van der Waals surface area contributed by atoms with E-state index in [-0.39, 0.29) is 5.54 Å². The lowest BCUT2D eigenvalue weighted by Gasteiger charge is -2.62. The maximum Gasteiger partial charge on any atom is 0.0753 e. The van der Waals surface area contributed by atoms with Crippen molar-refractivity contribution in [2.45, 2.75) is 25.3 Å². The van der Waals surface area contributed by atoms with Crippen LogP contribution in [-0.2, 0) is 5.54 Å². The Morgan fingerprint density at radius 3 is 2.63 bits per heavy atom. The Kier molecular flexibility index (Phi) is 2.79. The Balaban J connectivity index is 1.95. The van der Waals surface area contributed by atoms with E-state index in [0.717, 1.165) is 42.1 Å². The van der Waals surface area contributed by atoms with Crippen LogP contribution in [0.15, 0.2) is 23.3 Å². The Labute approximate surface area is 118 Å². The van der Waals surface area contributed by atoms with E-state index in [2.05, 4.69) is 22.0 Å². The fourth-order valence-corrected chi connectivity index (χ4v) is 4.20. The van der Waals surface area contributed by atoms with Crippen molar-refractivity contribution in [1.82, 2.24) is 4.90 Å². The van der Waals surface area contributed by atoms with Gasteiger partial charge in [-0.15, -0.1) is 0 Å². The third-order valence-corrected chi connectivity index (χ3v) is 4.96. The molecule has 2 fully saturated rings. The Hall–Kier alpha value is -1.22. The smallest absolute Gasteiger partial charge is 0.0753 e. The van der Waals surface area contributed by atoms with Crippen molar-refractivity contribution in [2.75, 3.05) is 20.1 Å². The molecule has 0 aromatic heterocycles. The van der Waals surface area contributed by atoms with Crippen LogP contribution in [0.25, 0.3) is 10.4 Å². The molecule has 100 valence electrons. The lowest BCUT2D eigenvalue weighted by Crippen LogP contribution is -2.65. The summed E-state index contributed by atoms with van der Waals surface area (Å²) >= 11 is 6.20. The summed E-state index contributed by atoms with van der Waals surface area (Å²) in [4.78, 5) is 5.40. The summed E-state index contributed by atoms with van der Waals surface area (Å²) in [5.41, 5.74) is 11.0. The zero-order valence-corrected chi connectivity index (χ0v) is 12.0. The molecule has 0 unspecified atom stereocenters. The topological polar surface area (TPSA) is 52.0 Å². The van der Waals surface area contributed by atoms with Crippen molar-refractivity contribution in [3.05, 3.63) is 44.8 Å². The maximum absolute atomic E-state index is 8.92. The van der Waals surface area contributed by atoms with Crippen LogP contribution in [0, 0.1) is 12.3 Å². The highest BCUT2D eigenvalue weighted by Gasteiger charge is 2.59. The van der Waals surface area contributed by atoms with Gasteiger partial charge in [-0.3, -0.25) is 0 Å². The molecule has 1 aromatic carbocycles. The van der Waals surface area contributed by atoms with Crippen molar-refractivity contribution in [3.63, 3.8) is 0 Å². The molecule has 1 spiro atoms. The molecular weight excluding hydrogens is 260 g/mol. The molecule has 1 aromatic rings. The molecule has 1 aliphatic carbocycles. The first-order valence-corrected chi connectivity index (χ1v) is 6.89. The number of likely N-dealkylation sites (tertiary alicyclic amines) is 1. The normalized spacial score (nSPS) is 23.3. The number of benzene rings is 1. The molecule has 1 saturated carbocycles. The van der Waals surface area contributed by atoms with E-state index in [0.29, 0.717) is 5.41 Å². The van der Waals surface area contributed by atoms with Crippen molar-refractivity contribution >= 4 is 11.6 Å². The van der Waals surface area contributed by atoms with Crippen molar-refractivity contribution in [3.8, 4) is 0 Å². The van der Waals surface area contributed by atoms with Gasteiger partial charge in [-0.05, 0) is 55.0 Å². The average molecular weight is 277 g/mol. The van der Waals surface area contributed by atoms with Crippen molar-refractivity contribution in [2.24, 2.45) is 10.5 Å². The second-order valence-corrected chi connectivity index (χ2v) is 6.57. The van der Waals surface area contributed by atoms with Crippen molar-refractivity contribution < 1.29 is 0 Å². The van der Waals surface area contributed by atoms with Gasteiger partial charge in [-0.2, -0.15) is 0 Å². The zero-order chi connectivity index (χ0) is 13.7. The van der Waals surface area contributed by atoms with Crippen LogP contribution in [0.5, 0.6) is 0 Å². The summed E-state index contributed by atoms with van der Waals surface area (Å²) in [6.07, 6.45) is 1.88. The van der Waals surface area contributed by atoms with Gasteiger partial charge in [0, 0.05) is 23.0 Å². The van der Waals surface area contributed by atoms with Gasteiger partial charge in [0.05, 0.1) is 5.54 Å². The van der Waals surface area contributed by atoms with Gasteiger partial charge in [0.2, 0.25) is 0 Å². The predicted octanol–water partition coefficient (Wildman–Crippen LogP) is 3.88. The molecule has 1 saturated heterocycles. The molecule has 19 heavy (non-hydrogen) atoms. The summed E-state index contributed by atoms with van der Waals surface area (Å²) in [6, 6.07) is 5.87. The molecule has 3 rings (SSSR count). The number of azide groups is 1. The minimum atomic E-state index is -0.384. The average Bonchev–Trinajstić information content (AvgIpc) is 2.28. The quantitative estimate of drug-likeness (QED) is 0.459. The SMILES string of the molecule is Cc1c(Cl)cccc1C1(N=[N+]=[N-])CC2(CN(C)C2)C1. The fraction of sp³-hybridized carbons (Fsp3) is 0.571. The highest BCUT2D eigenvalue weighted by Crippen LogP contribution is 2.61. The van der Waals surface area contributed by atoms with Gasteiger partial charge in [0.1, 0.15) is 0 Å². The van der Waals surface area contributed by atoms with E-state index in [1.807, 2.05) is 25.1 Å². The minimum absolute atomic E-state index is 0.359. The van der Waals surface area contributed by atoms with Gasteiger partial charge >= 0.3 is 0 Å². The predicted molar refractivity (Wildman–Crippen MR) is 76.2 cm³/mol. The zero-order valence-electron chi connectivity index (χ0n) is 11.2. The first kappa shape index (κ1) is 12.8. The molecule has 0 N–H and O–H groups in total. The van der Waals surface area contributed by atoms with Crippen LogP contribution < -0.4 is 0 Å². The molecule has 0 bridgehead atoms. The lowest BCUT2D eigenvalue weighted by molar-refractivity contribution is -0.0966. The van der Waals surface area contributed by atoms with Crippen LogP contribution in [-0.4, -0.2) is 25.0 Å². The van der Waals surface area contributed by atoms with E-state index in [1.54, 1.807) is 0 Å². The van der Waals surface area contributed by atoms with Crippen LogP contribution in [0.3, 0.4) is 0 Å². The first-order chi connectivity index (χ1) is 9.00. The standard InChI is InChI=1S/C14H17ClN4/c1-10-11(4-3-5-12(10)15)14(17-18-16)6-13(7-14)8-19(2)9-13/h3-5H,6-9H2,1-2H3. The van der Waals surface area contributed by atoms with Gasteiger partial charge in [-0.25, -0.2) is 0 Å². The number of hydrogen-bond acceptors (Lipinski definition) is 2. The minimum Gasteiger partial charge on any atom is -0.305 e. The molecular formula is C14H17ClN4. The molecule has 0 radical (unpaired) electrons. The van der Waals surface area contributed by atoms with E-state index in [1.165, 1.54) is 0 Å². The van der Waals surface area contributed by atoms with E-state index >= 15 is 0 Å². The Morgan fingerprint density at radius 2 is 2.05 bits per heavy atom. The largest absolute Gasteiger partial charge is 0.305 e. The highest BCUT2D eigenvalue weighted by molar-refractivity contribution is 6.31. The molecule has 5 heteroatoms. The molecule has 2 aliphatic rings. The lowest BCUT2D eigenvalue weighted by atomic mass is 9.52. The van der Waals surface area contributed by atoms with Gasteiger partial charge in [0.25, 0.3) is 0 Å². The monoisotopic (exact) mass is 276 g/mol. The Bertz CT molecular complexity index is 563. The summed E-state index contributed by atoms with van der Waals surface area (Å²) in [6.45, 7) is 4.22. The molecule has 0 atom stereocenters. The third kappa shape index (κ3) is 1.83. The second-order valence-electron chi connectivity index (χ2n) is 6.16. The summed E-state index contributed by atoms with van der Waals surface area (Å²) in [5, 5.41) is 4.89. The number of nitrogens with zero attached hydrogens (tertiary/aromatic N) is 4. The maximum atomic E-state index is 8.92.